The minimum Gasteiger partial charge on any atom is -0.324 e. The summed E-state index contributed by atoms with van der Waals surface area (Å²) in [6.07, 6.45) is 6.08. The molecule has 1 aromatic carbocycles. The highest BCUT2D eigenvalue weighted by molar-refractivity contribution is 5.89. The van der Waals surface area contributed by atoms with Crippen molar-refractivity contribution in [2.75, 3.05) is 18.4 Å². The number of likely N-dealkylation sites (tertiary alicyclic amines) is 1. The van der Waals surface area contributed by atoms with Crippen LogP contribution in [-0.2, 0) is 5.41 Å². The standard InChI is InChI=1S/C19H23FN4O/c1-19(9-10-19)17-6-11-21-24(17)14-7-12-23(13-8-14)18(25)22-16-5-3-2-4-15(16)20/h2-6,11,14H,7-10,12-13H2,1H3,(H,22,25). The summed E-state index contributed by atoms with van der Waals surface area (Å²) < 4.78 is 15.8. The van der Waals surface area contributed by atoms with Crippen LogP contribution in [0.1, 0.15) is 44.3 Å². The second-order valence-electron chi connectivity index (χ2n) is 7.35. The van der Waals surface area contributed by atoms with E-state index in [1.54, 1.807) is 23.1 Å². The first-order valence-corrected chi connectivity index (χ1v) is 8.91. The summed E-state index contributed by atoms with van der Waals surface area (Å²) >= 11 is 0. The van der Waals surface area contributed by atoms with Gasteiger partial charge < -0.3 is 10.2 Å². The van der Waals surface area contributed by atoms with Crippen molar-refractivity contribution in [3.63, 3.8) is 0 Å². The number of nitrogens with one attached hydrogen (secondary N) is 1. The van der Waals surface area contributed by atoms with Gasteiger partial charge in [-0.15, -0.1) is 0 Å². The lowest BCUT2D eigenvalue weighted by molar-refractivity contribution is 0.178. The molecule has 0 unspecified atom stereocenters. The molecule has 1 aromatic heterocycles. The van der Waals surface area contributed by atoms with E-state index in [1.807, 2.05) is 6.20 Å². The zero-order chi connectivity index (χ0) is 17.4. The number of carbonyl (C=O) groups is 1. The smallest absolute Gasteiger partial charge is 0.321 e. The molecule has 5 nitrogen and oxygen atoms in total. The van der Waals surface area contributed by atoms with E-state index in [9.17, 15) is 9.18 Å². The zero-order valence-electron chi connectivity index (χ0n) is 14.4. The molecule has 1 saturated carbocycles. The number of piperidine rings is 1. The average molecular weight is 342 g/mol. The number of halogens is 1. The molecule has 0 radical (unpaired) electrons. The number of hydrogen-bond acceptors (Lipinski definition) is 2. The number of para-hydroxylation sites is 1. The second kappa shape index (κ2) is 6.17. The van der Waals surface area contributed by atoms with Gasteiger partial charge >= 0.3 is 6.03 Å². The van der Waals surface area contributed by atoms with Crippen LogP contribution in [0.3, 0.4) is 0 Å². The number of benzene rings is 1. The van der Waals surface area contributed by atoms with Crippen LogP contribution in [0.4, 0.5) is 14.9 Å². The molecule has 0 atom stereocenters. The molecule has 2 heterocycles. The van der Waals surface area contributed by atoms with Gasteiger partial charge in [0.2, 0.25) is 0 Å². The maximum Gasteiger partial charge on any atom is 0.321 e. The van der Waals surface area contributed by atoms with Crippen LogP contribution >= 0.6 is 0 Å². The van der Waals surface area contributed by atoms with Gasteiger partial charge in [0, 0.05) is 30.4 Å². The van der Waals surface area contributed by atoms with E-state index in [1.165, 1.54) is 24.6 Å². The Kier molecular flexibility index (Phi) is 3.98. The SMILES string of the molecule is CC1(c2ccnn2C2CCN(C(=O)Nc3ccccc3F)CC2)CC1. The highest BCUT2D eigenvalue weighted by atomic mass is 19.1. The van der Waals surface area contributed by atoms with Gasteiger partial charge in [-0.25, -0.2) is 9.18 Å². The number of anilines is 1. The number of urea groups is 1. The van der Waals surface area contributed by atoms with Crippen molar-refractivity contribution in [2.24, 2.45) is 0 Å². The average Bonchev–Trinajstić information content (AvgIpc) is 3.18. The van der Waals surface area contributed by atoms with Gasteiger partial charge in [0.25, 0.3) is 0 Å². The quantitative estimate of drug-likeness (QED) is 0.918. The van der Waals surface area contributed by atoms with E-state index in [-0.39, 0.29) is 17.1 Å². The van der Waals surface area contributed by atoms with Crippen molar-refractivity contribution in [1.29, 1.82) is 0 Å². The first kappa shape index (κ1) is 16.1. The van der Waals surface area contributed by atoms with Crippen LogP contribution in [0.5, 0.6) is 0 Å². The lowest BCUT2D eigenvalue weighted by Gasteiger charge is -2.33. The summed E-state index contributed by atoms with van der Waals surface area (Å²) in [5, 5.41) is 7.21. The van der Waals surface area contributed by atoms with Crippen molar-refractivity contribution in [1.82, 2.24) is 14.7 Å². The molecule has 1 aliphatic carbocycles. The summed E-state index contributed by atoms with van der Waals surface area (Å²) in [5.74, 6) is -0.412. The first-order valence-electron chi connectivity index (χ1n) is 8.91. The highest BCUT2D eigenvalue weighted by Crippen LogP contribution is 2.48. The maximum atomic E-state index is 13.7. The maximum absolute atomic E-state index is 13.7. The van der Waals surface area contributed by atoms with Crippen molar-refractivity contribution >= 4 is 11.7 Å². The van der Waals surface area contributed by atoms with Gasteiger partial charge in [0.05, 0.1) is 11.7 Å². The molecule has 2 amide bonds. The van der Waals surface area contributed by atoms with E-state index >= 15 is 0 Å². The number of rotatable bonds is 3. The predicted molar refractivity (Wildman–Crippen MR) is 94.1 cm³/mol. The summed E-state index contributed by atoms with van der Waals surface area (Å²) in [4.78, 5) is 14.1. The van der Waals surface area contributed by atoms with Crippen LogP contribution in [0.25, 0.3) is 0 Å². The topological polar surface area (TPSA) is 50.2 Å². The molecule has 2 fully saturated rings. The fourth-order valence-corrected chi connectivity index (χ4v) is 3.60. The molecule has 6 heteroatoms. The summed E-state index contributed by atoms with van der Waals surface area (Å²) in [6.45, 7) is 3.60. The Morgan fingerprint density at radius 3 is 2.64 bits per heavy atom. The summed E-state index contributed by atoms with van der Waals surface area (Å²) in [7, 11) is 0. The molecule has 0 bridgehead atoms. The van der Waals surface area contributed by atoms with Crippen LogP contribution in [0.15, 0.2) is 36.5 Å². The minimum atomic E-state index is -0.412. The Hall–Kier alpha value is -2.37. The Bertz CT molecular complexity index is 775. The Morgan fingerprint density at radius 2 is 1.96 bits per heavy atom. The highest BCUT2D eigenvalue weighted by Gasteiger charge is 2.42. The number of nitrogens with zero attached hydrogens (tertiary/aromatic N) is 3. The predicted octanol–water partition coefficient (Wildman–Crippen LogP) is 3.94. The van der Waals surface area contributed by atoms with Crippen LogP contribution in [0.2, 0.25) is 0 Å². The van der Waals surface area contributed by atoms with E-state index in [0.29, 0.717) is 19.1 Å². The van der Waals surface area contributed by atoms with Gasteiger partial charge in [0.1, 0.15) is 5.82 Å². The van der Waals surface area contributed by atoms with Crippen molar-refractivity contribution in [2.45, 2.75) is 44.1 Å². The third-order valence-electron chi connectivity index (χ3n) is 5.50. The molecule has 2 aliphatic rings. The Labute approximate surface area is 146 Å². The zero-order valence-corrected chi connectivity index (χ0v) is 14.4. The molecule has 1 saturated heterocycles. The minimum absolute atomic E-state index is 0.227. The molecular weight excluding hydrogens is 319 g/mol. The Balaban J connectivity index is 1.38. The van der Waals surface area contributed by atoms with Crippen LogP contribution in [0, 0.1) is 5.82 Å². The Morgan fingerprint density at radius 1 is 1.24 bits per heavy atom. The van der Waals surface area contributed by atoms with Crippen molar-refractivity contribution in [3.05, 3.63) is 48.0 Å². The van der Waals surface area contributed by atoms with Gasteiger partial charge in [-0.3, -0.25) is 4.68 Å². The lowest BCUT2D eigenvalue weighted by Crippen LogP contribution is -2.42. The van der Waals surface area contributed by atoms with Crippen LogP contribution < -0.4 is 5.32 Å². The van der Waals surface area contributed by atoms with Gasteiger partial charge in [-0.2, -0.15) is 5.10 Å². The number of hydrogen-bond donors (Lipinski definition) is 1. The van der Waals surface area contributed by atoms with E-state index in [0.717, 1.165) is 12.8 Å². The monoisotopic (exact) mass is 342 g/mol. The fraction of sp³-hybridized carbons (Fsp3) is 0.474. The molecule has 132 valence electrons. The normalized spacial score (nSPS) is 19.7. The largest absolute Gasteiger partial charge is 0.324 e. The summed E-state index contributed by atoms with van der Waals surface area (Å²) in [6, 6.07) is 8.47. The fourth-order valence-electron chi connectivity index (χ4n) is 3.60. The third-order valence-corrected chi connectivity index (χ3v) is 5.50. The van der Waals surface area contributed by atoms with E-state index < -0.39 is 5.82 Å². The molecule has 1 N–H and O–H groups in total. The number of amides is 2. The molecule has 1 aliphatic heterocycles. The molecular formula is C19H23FN4O. The van der Waals surface area contributed by atoms with Gasteiger partial charge in [-0.05, 0) is 43.9 Å². The van der Waals surface area contributed by atoms with Gasteiger partial charge in [-0.1, -0.05) is 19.1 Å². The third kappa shape index (κ3) is 3.13. The second-order valence-corrected chi connectivity index (χ2v) is 7.35. The first-order chi connectivity index (χ1) is 12.1. The van der Waals surface area contributed by atoms with Crippen molar-refractivity contribution < 1.29 is 9.18 Å². The van der Waals surface area contributed by atoms with E-state index in [2.05, 4.69) is 28.1 Å². The van der Waals surface area contributed by atoms with Crippen LogP contribution in [-0.4, -0.2) is 33.8 Å². The molecule has 0 spiro atoms. The van der Waals surface area contributed by atoms with E-state index in [4.69, 9.17) is 0 Å². The van der Waals surface area contributed by atoms with Gasteiger partial charge in [0.15, 0.2) is 0 Å². The molecule has 4 rings (SSSR count). The lowest BCUT2D eigenvalue weighted by atomic mass is 10.0. The molecule has 25 heavy (non-hydrogen) atoms. The number of carbonyl (C=O) groups excluding carboxylic acids is 1. The number of aromatic nitrogens is 2. The summed E-state index contributed by atoms with van der Waals surface area (Å²) in [5.41, 5.74) is 1.84. The van der Waals surface area contributed by atoms with Crippen molar-refractivity contribution in [3.8, 4) is 0 Å². The molecule has 2 aromatic rings.